The van der Waals surface area contributed by atoms with Crippen LogP contribution in [0.4, 0.5) is 11.4 Å². The van der Waals surface area contributed by atoms with Crippen molar-refractivity contribution >= 4 is 38.3 Å². The van der Waals surface area contributed by atoms with Crippen LogP contribution in [-0.2, 0) is 6.54 Å². The number of para-hydroxylation sites is 2. The van der Waals surface area contributed by atoms with Crippen molar-refractivity contribution < 1.29 is 10.1 Å². The fraction of sp³-hybridized carbons (Fsp3) is 0.0476. The second kappa shape index (κ2) is 7.48. The van der Waals surface area contributed by atoms with Gasteiger partial charge < -0.3 is 10.3 Å². The molecule has 8 heteroatoms. The van der Waals surface area contributed by atoms with Gasteiger partial charge in [0.25, 0.3) is 10.5 Å². The molecule has 0 amide bonds. The topological polar surface area (TPSA) is 101 Å². The molecule has 29 heavy (non-hydrogen) atoms. The minimum absolute atomic E-state index is 0.0389. The Morgan fingerprint density at radius 2 is 1.79 bits per heavy atom. The van der Waals surface area contributed by atoms with E-state index in [2.05, 4.69) is 20.9 Å². The second-order valence-corrected chi connectivity index (χ2v) is 7.43. The summed E-state index contributed by atoms with van der Waals surface area (Å²) < 4.78 is 2.57. The van der Waals surface area contributed by atoms with Crippen LogP contribution in [0.2, 0.25) is 0 Å². The molecule has 4 aromatic rings. The largest absolute Gasteiger partial charge is 0.398 e. The number of hydrogen-bond donors (Lipinski definition) is 2. The first-order valence-electron chi connectivity index (χ1n) is 8.74. The number of benzene rings is 3. The highest BCUT2D eigenvalue weighted by atomic mass is 79.9. The van der Waals surface area contributed by atoms with Crippen molar-refractivity contribution in [1.82, 2.24) is 9.55 Å². The van der Waals surface area contributed by atoms with E-state index in [1.54, 1.807) is 4.57 Å². The van der Waals surface area contributed by atoms with Gasteiger partial charge in [-0.05, 0) is 35.9 Å². The predicted octanol–water partition coefficient (Wildman–Crippen LogP) is 4.26. The van der Waals surface area contributed by atoms with E-state index in [0.717, 1.165) is 10.0 Å². The van der Waals surface area contributed by atoms with Gasteiger partial charge in [0.05, 0.1) is 22.5 Å². The highest BCUT2D eigenvalue weighted by molar-refractivity contribution is 9.10. The molecule has 0 saturated carbocycles. The Bertz CT molecular complexity index is 1300. The van der Waals surface area contributed by atoms with Crippen LogP contribution in [0.3, 0.4) is 0 Å². The number of rotatable bonds is 4. The maximum Gasteiger partial charge on any atom is 0.317 e. The number of halogens is 1. The molecule has 3 N–H and O–H groups in total. The Kier molecular flexibility index (Phi) is 4.85. The van der Waals surface area contributed by atoms with Gasteiger partial charge in [0.2, 0.25) is 0 Å². The van der Waals surface area contributed by atoms with Crippen LogP contribution in [0.1, 0.15) is 5.56 Å². The molecule has 1 aromatic heterocycles. The number of fused-ring (bicyclic) bond motifs is 1. The molecule has 0 aliphatic rings. The van der Waals surface area contributed by atoms with Crippen LogP contribution >= 0.6 is 15.9 Å². The summed E-state index contributed by atoms with van der Waals surface area (Å²) >= 11 is 3.41. The van der Waals surface area contributed by atoms with E-state index >= 15 is 0 Å². The Morgan fingerprint density at radius 1 is 1.07 bits per heavy atom. The molecule has 1 heterocycles. The number of nitrogens with two attached hydrogens (primary N) is 1. The average Bonchev–Trinajstić information content (AvgIpc) is 2.71. The van der Waals surface area contributed by atoms with Crippen molar-refractivity contribution in [3.8, 4) is 11.3 Å². The quantitative estimate of drug-likeness (QED) is 0.356. The zero-order valence-electron chi connectivity index (χ0n) is 15.1. The van der Waals surface area contributed by atoms with Gasteiger partial charge in [-0.1, -0.05) is 40.2 Å². The molecule has 0 aliphatic heterocycles. The first-order valence-corrected chi connectivity index (χ1v) is 9.53. The lowest BCUT2D eigenvalue weighted by molar-refractivity contribution is -0.729. The Hall–Kier alpha value is -3.52. The van der Waals surface area contributed by atoms with Gasteiger partial charge in [-0.3, -0.25) is 4.79 Å². The van der Waals surface area contributed by atoms with Crippen molar-refractivity contribution in [3.63, 3.8) is 0 Å². The van der Waals surface area contributed by atoms with E-state index in [1.807, 2.05) is 48.5 Å². The van der Waals surface area contributed by atoms with E-state index in [-0.39, 0.29) is 33.1 Å². The normalized spacial score (nSPS) is 10.9. The SMILES string of the molecule is Nc1ccc([N+](=O)O)cc1-c1nc2ccccc2n(Cc2ccc(Br)cc2)c1=O. The van der Waals surface area contributed by atoms with E-state index in [4.69, 9.17) is 5.73 Å². The molecule has 0 aliphatic carbocycles. The summed E-state index contributed by atoms with van der Waals surface area (Å²) in [6.07, 6.45) is 0. The standard InChI is InChI=1S/C21H16BrN4O3/c22-14-7-5-13(6-8-14)12-25-19-4-2-1-3-18(19)24-20(21(25)27)16-11-15(26(28)29)9-10-17(16)23/h1-11H,12,23H2,(H,28,29)/q+1. The summed E-state index contributed by atoms with van der Waals surface area (Å²) in [5, 5.41) is 9.23. The highest BCUT2D eigenvalue weighted by Crippen LogP contribution is 2.28. The van der Waals surface area contributed by atoms with Crippen LogP contribution in [0, 0.1) is 4.91 Å². The fourth-order valence-corrected chi connectivity index (χ4v) is 3.43. The first-order chi connectivity index (χ1) is 13.9. The lowest BCUT2D eigenvalue weighted by atomic mass is 10.1. The summed E-state index contributed by atoms with van der Waals surface area (Å²) in [5.74, 6) is 0. The maximum atomic E-state index is 13.4. The third-order valence-corrected chi connectivity index (χ3v) is 5.15. The maximum absolute atomic E-state index is 13.4. The second-order valence-electron chi connectivity index (χ2n) is 6.51. The molecule has 4 rings (SSSR count). The van der Waals surface area contributed by atoms with E-state index < -0.39 is 0 Å². The van der Waals surface area contributed by atoms with E-state index in [1.165, 1.54) is 18.2 Å². The van der Waals surface area contributed by atoms with Gasteiger partial charge in [-0.25, -0.2) is 10.2 Å². The number of anilines is 1. The van der Waals surface area contributed by atoms with Crippen molar-refractivity contribution in [1.29, 1.82) is 0 Å². The molecule has 0 fully saturated rings. The number of nitrogens with zero attached hydrogens (tertiary/aromatic N) is 3. The molecule has 0 bridgehead atoms. The summed E-state index contributed by atoms with van der Waals surface area (Å²) in [6.45, 7) is 0.343. The van der Waals surface area contributed by atoms with Gasteiger partial charge >= 0.3 is 5.69 Å². The Labute approximate surface area is 173 Å². The Balaban J connectivity index is 1.96. The van der Waals surface area contributed by atoms with Gasteiger partial charge in [-0.15, -0.1) is 0 Å². The molecular formula is C21H16BrN4O3+. The summed E-state index contributed by atoms with van der Waals surface area (Å²) in [4.78, 5) is 28.9. The van der Waals surface area contributed by atoms with Crippen LogP contribution in [0.5, 0.6) is 0 Å². The average molecular weight is 452 g/mol. The molecule has 144 valence electrons. The lowest BCUT2D eigenvalue weighted by Gasteiger charge is -2.13. The fourth-order valence-electron chi connectivity index (χ4n) is 3.17. The zero-order chi connectivity index (χ0) is 20.5. The molecule has 3 aromatic carbocycles. The van der Waals surface area contributed by atoms with Crippen LogP contribution < -0.4 is 11.3 Å². The molecule has 7 nitrogen and oxygen atoms in total. The number of hydrogen-bond acceptors (Lipinski definition) is 4. The number of nitrogen functional groups attached to an aromatic ring is 1. The molecule has 0 atom stereocenters. The minimum atomic E-state index is -0.342. The Morgan fingerprint density at radius 3 is 2.52 bits per heavy atom. The predicted molar refractivity (Wildman–Crippen MR) is 114 cm³/mol. The molecular weight excluding hydrogens is 436 g/mol. The zero-order valence-corrected chi connectivity index (χ0v) is 16.7. The molecule has 0 spiro atoms. The van der Waals surface area contributed by atoms with E-state index in [0.29, 0.717) is 17.6 Å². The first kappa shape index (κ1) is 18.8. The van der Waals surface area contributed by atoms with Gasteiger partial charge in [0.1, 0.15) is 5.69 Å². The van der Waals surface area contributed by atoms with Crippen LogP contribution in [-0.4, -0.2) is 19.7 Å². The monoisotopic (exact) mass is 451 g/mol. The molecule has 0 unspecified atom stereocenters. The summed E-state index contributed by atoms with van der Waals surface area (Å²) in [7, 11) is 0. The van der Waals surface area contributed by atoms with Gasteiger partial charge in [0.15, 0.2) is 0 Å². The third kappa shape index (κ3) is 3.62. The van der Waals surface area contributed by atoms with Crippen molar-refractivity contribution in [2.75, 3.05) is 5.73 Å². The van der Waals surface area contributed by atoms with E-state index in [9.17, 15) is 14.9 Å². The molecule has 0 saturated heterocycles. The van der Waals surface area contributed by atoms with Gasteiger partial charge in [0, 0.05) is 27.9 Å². The van der Waals surface area contributed by atoms with Crippen molar-refractivity contribution in [2.24, 2.45) is 0 Å². The molecule has 0 radical (unpaired) electrons. The van der Waals surface area contributed by atoms with Crippen LogP contribution in [0.15, 0.2) is 76.0 Å². The third-order valence-electron chi connectivity index (χ3n) is 4.62. The van der Waals surface area contributed by atoms with Crippen LogP contribution in [0.25, 0.3) is 22.3 Å². The van der Waals surface area contributed by atoms with Gasteiger partial charge in [-0.2, -0.15) is 0 Å². The smallest absolute Gasteiger partial charge is 0.317 e. The highest BCUT2D eigenvalue weighted by Gasteiger charge is 2.20. The summed E-state index contributed by atoms with van der Waals surface area (Å²) in [6, 6.07) is 19.2. The summed E-state index contributed by atoms with van der Waals surface area (Å²) in [5.41, 5.74) is 8.61. The lowest BCUT2D eigenvalue weighted by Crippen LogP contribution is -2.24. The van der Waals surface area contributed by atoms with Crippen molar-refractivity contribution in [3.05, 3.63) is 92.0 Å². The number of aromatic nitrogens is 2. The minimum Gasteiger partial charge on any atom is -0.398 e. The van der Waals surface area contributed by atoms with Crippen molar-refractivity contribution in [2.45, 2.75) is 6.54 Å².